The highest BCUT2D eigenvalue weighted by molar-refractivity contribution is 5.80. The van der Waals surface area contributed by atoms with Gasteiger partial charge in [-0.25, -0.2) is 0 Å². The minimum Gasteiger partial charge on any atom is -0.496 e. The molecule has 140 valence electrons. The van der Waals surface area contributed by atoms with Crippen LogP contribution in [0.15, 0.2) is 24.3 Å². The van der Waals surface area contributed by atoms with Crippen LogP contribution in [0, 0.1) is 13.8 Å². The summed E-state index contributed by atoms with van der Waals surface area (Å²) in [5.74, 6) is 1.66. The van der Waals surface area contributed by atoms with Crippen molar-refractivity contribution >= 4 is 17.1 Å². The molecule has 3 rings (SSSR count). The molecule has 0 saturated heterocycles. The lowest BCUT2D eigenvalue weighted by Gasteiger charge is -2.31. The molecule has 0 saturated carbocycles. The topological polar surface area (TPSA) is 28.2 Å². The van der Waals surface area contributed by atoms with E-state index in [0.29, 0.717) is 0 Å². The van der Waals surface area contributed by atoms with E-state index in [9.17, 15) is 0 Å². The van der Waals surface area contributed by atoms with Gasteiger partial charge in [0.1, 0.15) is 17.7 Å². The highest BCUT2D eigenvalue weighted by Crippen LogP contribution is 2.50. The summed E-state index contributed by atoms with van der Waals surface area (Å²) in [7, 11) is 11.7. The Hall–Kier alpha value is -2.56. The van der Waals surface area contributed by atoms with Crippen molar-refractivity contribution in [3.8, 4) is 11.5 Å². The number of hydrogen-bond donors (Lipinski definition) is 0. The van der Waals surface area contributed by atoms with Crippen LogP contribution in [0.3, 0.4) is 0 Å². The minimum atomic E-state index is 0.00677. The number of anilines is 3. The average Bonchev–Trinajstić information content (AvgIpc) is 2.84. The summed E-state index contributed by atoms with van der Waals surface area (Å²) >= 11 is 0. The Kier molecular flexibility index (Phi) is 4.65. The smallest absolute Gasteiger partial charge is 0.135 e. The van der Waals surface area contributed by atoms with Crippen LogP contribution in [-0.4, -0.2) is 42.4 Å². The van der Waals surface area contributed by atoms with E-state index in [-0.39, 0.29) is 6.17 Å². The van der Waals surface area contributed by atoms with E-state index in [0.717, 1.165) is 22.7 Å². The van der Waals surface area contributed by atoms with Crippen LogP contribution >= 0.6 is 0 Å². The fraction of sp³-hybridized carbons (Fsp3) is 0.429. The molecular formula is C21H29N3O2. The van der Waals surface area contributed by atoms with Crippen molar-refractivity contribution in [1.82, 2.24) is 0 Å². The molecular weight excluding hydrogens is 326 g/mol. The maximum absolute atomic E-state index is 5.77. The number of nitrogens with zero attached hydrogens (tertiary/aromatic N) is 3. The lowest BCUT2D eigenvalue weighted by Crippen LogP contribution is -2.31. The Balaban J connectivity index is 2.18. The van der Waals surface area contributed by atoms with E-state index in [4.69, 9.17) is 9.47 Å². The fourth-order valence-corrected chi connectivity index (χ4v) is 3.70. The van der Waals surface area contributed by atoms with Crippen molar-refractivity contribution < 1.29 is 9.47 Å². The molecule has 0 spiro atoms. The molecule has 1 aliphatic heterocycles. The second-order valence-electron chi connectivity index (χ2n) is 7.18. The quantitative estimate of drug-likeness (QED) is 0.827. The van der Waals surface area contributed by atoms with E-state index >= 15 is 0 Å². The summed E-state index contributed by atoms with van der Waals surface area (Å²) in [6, 6.07) is 8.65. The molecule has 0 radical (unpaired) electrons. The normalized spacial score (nSPS) is 13.8. The predicted octanol–water partition coefficient (Wildman–Crippen LogP) is 3.97. The fourth-order valence-electron chi connectivity index (χ4n) is 3.70. The van der Waals surface area contributed by atoms with E-state index in [1.807, 2.05) is 14.1 Å². The number of fused-ring (bicyclic) bond motifs is 1. The van der Waals surface area contributed by atoms with Gasteiger partial charge in [0.25, 0.3) is 0 Å². The van der Waals surface area contributed by atoms with Gasteiger partial charge < -0.3 is 24.2 Å². The summed E-state index contributed by atoms with van der Waals surface area (Å²) in [5, 5.41) is 0. The molecule has 0 atom stereocenters. The number of aryl methyl sites for hydroxylation is 2. The van der Waals surface area contributed by atoms with Gasteiger partial charge in [0.2, 0.25) is 0 Å². The van der Waals surface area contributed by atoms with Crippen LogP contribution in [0.5, 0.6) is 11.5 Å². The number of methoxy groups -OCH3 is 2. The molecule has 0 N–H and O–H groups in total. The maximum Gasteiger partial charge on any atom is 0.135 e. The van der Waals surface area contributed by atoms with Crippen molar-refractivity contribution in [2.45, 2.75) is 20.0 Å². The molecule has 0 amide bonds. The zero-order valence-electron chi connectivity index (χ0n) is 17.0. The Bertz CT molecular complexity index is 772. The monoisotopic (exact) mass is 355 g/mol. The molecule has 5 nitrogen and oxygen atoms in total. The first kappa shape index (κ1) is 18.2. The van der Waals surface area contributed by atoms with Crippen LogP contribution in [0.1, 0.15) is 22.9 Å². The zero-order chi connectivity index (χ0) is 19.2. The van der Waals surface area contributed by atoms with Crippen LogP contribution in [0.25, 0.3) is 0 Å². The first-order valence-corrected chi connectivity index (χ1v) is 8.80. The van der Waals surface area contributed by atoms with Gasteiger partial charge in [-0.05, 0) is 37.1 Å². The van der Waals surface area contributed by atoms with Gasteiger partial charge in [-0.15, -0.1) is 0 Å². The first-order valence-electron chi connectivity index (χ1n) is 8.80. The molecule has 0 fully saturated rings. The molecule has 0 unspecified atom stereocenters. The standard InChI is InChI=1S/C21H29N3O2/c1-13-9-16-17(10-14(13)2)24(6)21(23(16)5)20-18(25-7)11-15(22(3)4)12-19(20)26-8/h9-12,21H,1-8H3. The second kappa shape index (κ2) is 6.63. The lowest BCUT2D eigenvalue weighted by molar-refractivity contribution is 0.378. The highest BCUT2D eigenvalue weighted by atomic mass is 16.5. The van der Waals surface area contributed by atoms with Gasteiger partial charge in [0, 0.05) is 46.0 Å². The van der Waals surface area contributed by atoms with Crippen molar-refractivity contribution in [2.24, 2.45) is 0 Å². The van der Waals surface area contributed by atoms with Crippen molar-refractivity contribution in [3.05, 3.63) is 41.0 Å². The van der Waals surface area contributed by atoms with Crippen molar-refractivity contribution in [1.29, 1.82) is 0 Å². The molecule has 5 heteroatoms. The van der Waals surface area contributed by atoms with Crippen LogP contribution < -0.4 is 24.2 Å². The zero-order valence-corrected chi connectivity index (χ0v) is 17.0. The number of rotatable bonds is 4. The van der Waals surface area contributed by atoms with Gasteiger partial charge >= 0.3 is 0 Å². The summed E-state index contributed by atoms with van der Waals surface area (Å²) in [4.78, 5) is 6.63. The first-order chi connectivity index (χ1) is 12.3. The van der Waals surface area contributed by atoms with Crippen molar-refractivity contribution in [2.75, 3.05) is 57.1 Å². The predicted molar refractivity (Wildman–Crippen MR) is 109 cm³/mol. The minimum absolute atomic E-state index is 0.00677. The Labute approximate surface area is 156 Å². The van der Waals surface area contributed by atoms with Gasteiger partial charge in [-0.3, -0.25) is 0 Å². The Morgan fingerprint density at radius 3 is 1.58 bits per heavy atom. The molecule has 0 bridgehead atoms. The number of ether oxygens (including phenoxy) is 2. The number of hydrogen-bond acceptors (Lipinski definition) is 5. The molecule has 0 aromatic heterocycles. The van der Waals surface area contributed by atoms with Crippen LogP contribution in [0.4, 0.5) is 17.1 Å². The van der Waals surface area contributed by atoms with Gasteiger partial charge in [-0.1, -0.05) is 0 Å². The maximum atomic E-state index is 5.77. The molecule has 1 aliphatic rings. The molecule has 0 aliphatic carbocycles. The van der Waals surface area contributed by atoms with Crippen LogP contribution in [-0.2, 0) is 0 Å². The van der Waals surface area contributed by atoms with Crippen molar-refractivity contribution in [3.63, 3.8) is 0 Å². The second-order valence-corrected chi connectivity index (χ2v) is 7.18. The average molecular weight is 355 g/mol. The highest BCUT2D eigenvalue weighted by Gasteiger charge is 2.37. The SMILES string of the molecule is COc1cc(N(C)C)cc(OC)c1C1N(C)c2cc(C)c(C)cc2N1C. The summed E-state index contributed by atoms with van der Waals surface area (Å²) in [6.45, 7) is 4.31. The van der Waals surface area contributed by atoms with Gasteiger partial charge in [-0.2, -0.15) is 0 Å². The largest absolute Gasteiger partial charge is 0.496 e. The Morgan fingerprint density at radius 1 is 0.808 bits per heavy atom. The van der Waals surface area contributed by atoms with E-state index < -0.39 is 0 Å². The summed E-state index contributed by atoms with van der Waals surface area (Å²) < 4.78 is 11.5. The van der Waals surface area contributed by atoms with Gasteiger partial charge in [0.15, 0.2) is 0 Å². The van der Waals surface area contributed by atoms with E-state index in [1.165, 1.54) is 22.5 Å². The molecule has 2 aromatic carbocycles. The summed E-state index contributed by atoms with van der Waals surface area (Å²) in [6.07, 6.45) is 0.00677. The summed E-state index contributed by atoms with van der Waals surface area (Å²) in [5.41, 5.74) is 7.13. The third-order valence-corrected chi connectivity index (χ3v) is 5.39. The molecule has 1 heterocycles. The molecule has 2 aromatic rings. The number of benzene rings is 2. The van der Waals surface area contributed by atoms with Crippen LogP contribution in [0.2, 0.25) is 0 Å². The molecule has 26 heavy (non-hydrogen) atoms. The Morgan fingerprint density at radius 2 is 1.23 bits per heavy atom. The lowest BCUT2D eigenvalue weighted by atomic mass is 10.1. The van der Waals surface area contributed by atoms with E-state index in [2.05, 4.69) is 66.9 Å². The van der Waals surface area contributed by atoms with Gasteiger partial charge in [0.05, 0.1) is 31.2 Å². The third kappa shape index (κ3) is 2.71. The third-order valence-electron chi connectivity index (χ3n) is 5.39. The van der Waals surface area contributed by atoms with E-state index in [1.54, 1.807) is 14.2 Å².